The van der Waals surface area contributed by atoms with Crippen LogP contribution < -0.4 is 5.90 Å². The molecule has 3 heteroatoms. The number of nitrogens with two attached hydrogens (primary N) is 1. The van der Waals surface area contributed by atoms with Crippen LogP contribution in [-0.2, 0) is 9.63 Å². The number of benzene rings is 1. The van der Waals surface area contributed by atoms with Crippen LogP contribution in [0.25, 0.3) is 6.08 Å². The van der Waals surface area contributed by atoms with Crippen LogP contribution in [0.3, 0.4) is 0 Å². The monoisotopic (exact) mass is 189 g/mol. The van der Waals surface area contributed by atoms with E-state index in [2.05, 4.69) is 4.84 Å². The summed E-state index contributed by atoms with van der Waals surface area (Å²) < 4.78 is 0. The zero-order valence-corrected chi connectivity index (χ0v) is 7.64. The quantitative estimate of drug-likeness (QED) is 0.719. The minimum Gasteiger partial charge on any atom is -0.373 e. The standard InChI is InChI=1S/C11H11NO2/c12-14-11(13)7-9-6-5-8-3-1-2-4-10(8)9/h1-6,9H,7,12H2. The molecule has 2 N–H and O–H groups in total. The zero-order valence-electron chi connectivity index (χ0n) is 7.64. The van der Waals surface area contributed by atoms with Crippen molar-refractivity contribution in [1.82, 2.24) is 0 Å². The van der Waals surface area contributed by atoms with E-state index in [-0.39, 0.29) is 11.9 Å². The van der Waals surface area contributed by atoms with Crippen LogP contribution in [0.1, 0.15) is 23.5 Å². The summed E-state index contributed by atoms with van der Waals surface area (Å²) in [6.45, 7) is 0. The lowest BCUT2D eigenvalue weighted by molar-refractivity contribution is -0.144. The van der Waals surface area contributed by atoms with Gasteiger partial charge in [0.1, 0.15) is 0 Å². The molecular weight excluding hydrogens is 178 g/mol. The summed E-state index contributed by atoms with van der Waals surface area (Å²) in [4.78, 5) is 15.2. The topological polar surface area (TPSA) is 52.3 Å². The summed E-state index contributed by atoms with van der Waals surface area (Å²) in [5, 5.41) is 0. The van der Waals surface area contributed by atoms with Crippen molar-refractivity contribution < 1.29 is 9.63 Å². The number of carbonyl (C=O) groups excluding carboxylic acids is 1. The van der Waals surface area contributed by atoms with Crippen LogP contribution in [0.4, 0.5) is 0 Å². The Hall–Kier alpha value is -1.61. The number of carbonyl (C=O) groups is 1. The second-order valence-electron chi connectivity index (χ2n) is 3.29. The van der Waals surface area contributed by atoms with Gasteiger partial charge in [-0.15, -0.1) is 0 Å². The molecular formula is C11H11NO2. The van der Waals surface area contributed by atoms with Gasteiger partial charge in [0, 0.05) is 5.92 Å². The lowest BCUT2D eigenvalue weighted by atomic mass is 9.98. The van der Waals surface area contributed by atoms with Gasteiger partial charge in [-0.3, -0.25) is 4.79 Å². The molecule has 1 aromatic rings. The maximum atomic E-state index is 11.0. The van der Waals surface area contributed by atoms with Gasteiger partial charge >= 0.3 is 5.97 Å². The van der Waals surface area contributed by atoms with E-state index in [0.29, 0.717) is 6.42 Å². The van der Waals surface area contributed by atoms with Crippen LogP contribution in [0.5, 0.6) is 0 Å². The van der Waals surface area contributed by atoms with E-state index in [1.54, 1.807) is 0 Å². The van der Waals surface area contributed by atoms with Crippen molar-refractivity contribution >= 4 is 12.0 Å². The largest absolute Gasteiger partial charge is 0.373 e. The number of rotatable bonds is 2. The number of fused-ring (bicyclic) bond motifs is 1. The third kappa shape index (κ3) is 1.54. The Morgan fingerprint density at radius 3 is 3.00 bits per heavy atom. The predicted octanol–water partition coefficient (Wildman–Crippen LogP) is 1.60. The van der Waals surface area contributed by atoms with Gasteiger partial charge in [0.15, 0.2) is 0 Å². The predicted molar refractivity (Wildman–Crippen MR) is 53.1 cm³/mol. The van der Waals surface area contributed by atoms with Crippen molar-refractivity contribution in [1.29, 1.82) is 0 Å². The fourth-order valence-electron chi connectivity index (χ4n) is 1.73. The Morgan fingerprint density at radius 1 is 1.43 bits per heavy atom. The van der Waals surface area contributed by atoms with Crippen molar-refractivity contribution in [2.45, 2.75) is 12.3 Å². The maximum absolute atomic E-state index is 11.0. The Labute approximate surface area is 82.1 Å². The molecule has 3 nitrogen and oxygen atoms in total. The molecule has 72 valence electrons. The Morgan fingerprint density at radius 2 is 2.21 bits per heavy atom. The average molecular weight is 189 g/mol. The highest BCUT2D eigenvalue weighted by Gasteiger charge is 2.19. The molecule has 1 aromatic carbocycles. The van der Waals surface area contributed by atoms with Crippen LogP contribution in [0, 0.1) is 0 Å². The summed E-state index contributed by atoms with van der Waals surface area (Å²) in [6, 6.07) is 7.99. The summed E-state index contributed by atoms with van der Waals surface area (Å²) in [7, 11) is 0. The molecule has 0 aromatic heterocycles. The van der Waals surface area contributed by atoms with Crippen molar-refractivity contribution in [3.63, 3.8) is 0 Å². The summed E-state index contributed by atoms with van der Waals surface area (Å²) >= 11 is 0. The number of allylic oxidation sites excluding steroid dienone is 1. The molecule has 0 radical (unpaired) electrons. The van der Waals surface area contributed by atoms with Crippen molar-refractivity contribution in [3.05, 3.63) is 41.5 Å². The molecule has 0 aliphatic heterocycles. The SMILES string of the molecule is NOC(=O)CC1C=Cc2ccccc21. The Bertz CT molecular complexity index is 385. The summed E-state index contributed by atoms with van der Waals surface area (Å²) in [6.07, 6.45) is 4.33. The third-order valence-corrected chi connectivity index (χ3v) is 2.42. The van der Waals surface area contributed by atoms with Crippen molar-refractivity contribution in [3.8, 4) is 0 Å². The second kappa shape index (κ2) is 3.64. The molecule has 1 aliphatic rings. The second-order valence-corrected chi connectivity index (χ2v) is 3.29. The van der Waals surface area contributed by atoms with E-state index >= 15 is 0 Å². The average Bonchev–Trinajstić information content (AvgIpc) is 2.62. The van der Waals surface area contributed by atoms with Gasteiger partial charge in [0.2, 0.25) is 0 Å². The summed E-state index contributed by atoms with van der Waals surface area (Å²) in [5.41, 5.74) is 2.33. The fraction of sp³-hybridized carbons (Fsp3) is 0.182. The Kier molecular flexibility index (Phi) is 2.33. The minimum atomic E-state index is -0.378. The molecule has 0 saturated carbocycles. The van der Waals surface area contributed by atoms with E-state index < -0.39 is 0 Å². The van der Waals surface area contributed by atoms with E-state index in [1.165, 1.54) is 5.56 Å². The highest BCUT2D eigenvalue weighted by molar-refractivity contribution is 5.73. The third-order valence-electron chi connectivity index (χ3n) is 2.42. The molecule has 0 bridgehead atoms. The zero-order chi connectivity index (χ0) is 9.97. The molecule has 14 heavy (non-hydrogen) atoms. The van der Waals surface area contributed by atoms with Crippen LogP contribution in [0.2, 0.25) is 0 Å². The molecule has 0 saturated heterocycles. The van der Waals surface area contributed by atoms with Gasteiger partial charge in [0.05, 0.1) is 6.42 Å². The molecule has 1 unspecified atom stereocenters. The van der Waals surface area contributed by atoms with Gasteiger partial charge in [-0.2, -0.15) is 5.90 Å². The molecule has 0 amide bonds. The first kappa shape index (κ1) is 8.97. The molecule has 0 spiro atoms. The number of hydrogen-bond donors (Lipinski definition) is 1. The molecule has 1 atom stereocenters. The van der Waals surface area contributed by atoms with Crippen molar-refractivity contribution in [2.75, 3.05) is 0 Å². The van der Waals surface area contributed by atoms with Gasteiger partial charge in [-0.25, -0.2) is 0 Å². The van der Waals surface area contributed by atoms with E-state index in [9.17, 15) is 4.79 Å². The van der Waals surface area contributed by atoms with Gasteiger partial charge < -0.3 is 4.84 Å². The molecule has 0 heterocycles. The highest BCUT2D eigenvalue weighted by atomic mass is 16.7. The van der Waals surface area contributed by atoms with Crippen molar-refractivity contribution in [2.24, 2.45) is 5.90 Å². The van der Waals surface area contributed by atoms with E-state index in [4.69, 9.17) is 5.90 Å². The lowest BCUT2D eigenvalue weighted by Crippen LogP contribution is -2.12. The van der Waals surface area contributed by atoms with E-state index in [0.717, 1.165) is 5.56 Å². The molecule has 2 rings (SSSR count). The normalized spacial score (nSPS) is 17.9. The highest BCUT2D eigenvalue weighted by Crippen LogP contribution is 2.32. The first-order valence-corrected chi connectivity index (χ1v) is 4.48. The van der Waals surface area contributed by atoms with Gasteiger partial charge in [-0.05, 0) is 11.1 Å². The number of hydrogen-bond acceptors (Lipinski definition) is 3. The van der Waals surface area contributed by atoms with Gasteiger partial charge in [0.25, 0.3) is 0 Å². The van der Waals surface area contributed by atoms with Crippen LogP contribution in [-0.4, -0.2) is 5.97 Å². The Balaban J connectivity index is 2.18. The molecule has 1 aliphatic carbocycles. The van der Waals surface area contributed by atoms with Gasteiger partial charge in [-0.1, -0.05) is 36.4 Å². The first-order chi connectivity index (χ1) is 6.81. The van der Waals surface area contributed by atoms with E-state index in [1.807, 2.05) is 36.4 Å². The van der Waals surface area contributed by atoms with Crippen LogP contribution in [0.15, 0.2) is 30.3 Å². The minimum absolute atomic E-state index is 0.113. The van der Waals surface area contributed by atoms with Crippen LogP contribution >= 0.6 is 0 Å². The summed E-state index contributed by atoms with van der Waals surface area (Å²) in [5.74, 6) is 4.53. The first-order valence-electron chi connectivity index (χ1n) is 4.48. The molecule has 0 fully saturated rings. The fourth-order valence-corrected chi connectivity index (χ4v) is 1.73. The lowest BCUT2D eigenvalue weighted by Gasteiger charge is -2.08. The maximum Gasteiger partial charge on any atom is 0.325 e. The smallest absolute Gasteiger partial charge is 0.325 e.